The number of anilines is 3. The number of ether oxygens (including phenoxy) is 2. The summed E-state index contributed by atoms with van der Waals surface area (Å²) in [4.78, 5) is 29.8. The number of likely N-dealkylation sites (N-methyl/N-ethyl adjacent to an activating group) is 1. The summed E-state index contributed by atoms with van der Waals surface area (Å²) in [5.41, 5.74) is 5.35. The fraction of sp³-hybridized carbons (Fsp3) is 0.321. The number of hydrogen-bond acceptors (Lipinski definition) is 8. The second kappa shape index (κ2) is 9.40. The lowest BCUT2D eigenvalue weighted by Gasteiger charge is -2.34. The molecule has 9 heteroatoms. The zero-order valence-corrected chi connectivity index (χ0v) is 21.3. The van der Waals surface area contributed by atoms with Gasteiger partial charge in [-0.15, -0.1) is 0 Å². The molecule has 37 heavy (non-hydrogen) atoms. The number of H-pyrrole nitrogens is 1. The van der Waals surface area contributed by atoms with Gasteiger partial charge in [-0.2, -0.15) is 9.97 Å². The molecule has 6 rings (SSSR count). The van der Waals surface area contributed by atoms with Crippen LogP contribution in [0.25, 0.3) is 11.0 Å². The Bertz CT molecular complexity index is 1490. The average Bonchev–Trinajstić information content (AvgIpc) is 3.54. The summed E-state index contributed by atoms with van der Waals surface area (Å²) in [6.07, 6.45) is 3.06. The number of aromatic nitrogens is 3. The second-order valence-electron chi connectivity index (χ2n) is 9.65. The number of benzene rings is 2. The zero-order valence-electron chi connectivity index (χ0n) is 21.3. The first-order chi connectivity index (χ1) is 18.0. The molecule has 0 atom stereocenters. The van der Waals surface area contributed by atoms with Crippen LogP contribution in [-0.2, 0) is 6.42 Å². The molecule has 4 aromatic rings. The van der Waals surface area contributed by atoms with Gasteiger partial charge in [-0.05, 0) is 55.8 Å². The highest BCUT2D eigenvalue weighted by Gasteiger charge is 2.26. The number of ketones is 1. The van der Waals surface area contributed by atoms with Crippen LogP contribution in [0.4, 0.5) is 17.3 Å². The number of fused-ring (bicyclic) bond motifs is 2. The Balaban J connectivity index is 1.31. The summed E-state index contributed by atoms with van der Waals surface area (Å²) in [7, 11) is 3.81. The van der Waals surface area contributed by atoms with Crippen molar-refractivity contribution in [3.63, 3.8) is 0 Å². The predicted molar refractivity (Wildman–Crippen MR) is 144 cm³/mol. The molecule has 1 aliphatic heterocycles. The van der Waals surface area contributed by atoms with Gasteiger partial charge < -0.3 is 29.6 Å². The normalized spacial score (nSPS) is 15.8. The van der Waals surface area contributed by atoms with Gasteiger partial charge in [0.25, 0.3) is 0 Å². The van der Waals surface area contributed by atoms with Crippen molar-refractivity contribution in [1.29, 1.82) is 0 Å². The number of carbonyl (C=O) groups is 1. The first-order valence-corrected chi connectivity index (χ1v) is 12.6. The van der Waals surface area contributed by atoms with E-state index in [1.165, 1.54) is 0 Å². The van der Waals surface area contributed by atoms with Gasteiger partial charge in [-0.25, -0.2) is 0 Å². The minimum Gasteiger partial charge on any atom is -0.494 e. The number of Topliss-reactive ketones (excluding diaryl/α,β-unsaturated/α-hetero) is 1. The molecule has 0 saturated carbocycles. The number of nitrogens with zero attached hydrogens (tertiary/aromatic N) is 4. The Labute approximate surface area is 215 Å². The molecule has 0 unspecified atom stereocenters. The zero-order chi connectivity index (χ0) is 25.5. The maximum Gasteiger partial charge on any atom is 0.233 e. The van der Waals surface area contributed by atoms with E-state index in [1.54, 1.807) is 13.3 Å². The van der Waals surface area contributed by atoms with Crippen LogP contribution in [-0.4, -0.2) is 66.0 Å². The lowest BCUT2D eigenvalue weighted by molar-refractivity contribution is 0.0992. The van der Waals surface area contributed by atoms with Crippen LogP contribution in [0.2, 0.25) is 0 Å². The Morgan fingerprint density at radius 3 is 2.65 bits per heavy atom. The highest BCUT2D eigenvalue weighted by molar-refractivity contribution is 6.03. The van der Waals surface area contributed by atoms with Crippen molar-refractivity contribution in [2.45, 2.75) is 19.8 Å². The van der Waals surface area contributed by atoms with E-state index in [0.717, 1.165) is 60.5 Å². The van der Waals surface area contributed by atoms with E-state index in [9.17, 15) is 4.79 Å². The minimum atomic E-state index is 0.108. The van der Waals surface area contributed by atoms with E-state index in [0.29, 0.717) is 41.0 Å². The third-order valence-electron chi connectivity index (χ3n) is 7.28. The van der Waals surface area contributed by atoms with Gasteiger partial charge in [-0.3, -0.25) is 4.79 Å². The van der Waals surface area contributed by atoms with Gasteiger partial charge in [0.2, 0.25) is 11.8 Å². The predicted octanol–water partition coefficient (Wildman–Crippen LogP) is 4.69. The maximum absolute atomic E-state index is 12.6. The molecule has 0 bridgehead atoms. The Hall–Kier alpha value is -4.11. The van der Waals surface area contributed by atoms with Crippen molar-refractivity contribution in [2.24, 2.45) is 0 Å². The van der Waals surface area contributed by atoms with Gasteiger partial charge in [0, 0.05) is 50.6 Å². The fourth-order valence-corrected chi connectivity index (χ4v) is 5.12. The number of piperazine rings is 1. The molecular weight excluding hydrogens is 468 g/mol. The number of carbonyl (C=O) groups excluding carboxylic acids is 1. The van der Waals surface area contributed by atoms with Crippen LogP contribution >= 0.6 is 0 Å². The maximum atomic E-state index is 12.6. The standard InChI is InChI=1S/C28H30N6O3/c1-17-4-9-23(25-19(17)6-8-22(25)35)37-27-20-10-11-29-26(20)31-28(32-27)30-21-7-5-18(16-24(21)36-3)34-14-12-33(2)13-15-34/h4-5,7,9-11,16H,6,8,12-15H2,1-3H3,(H2,29,30,31,32). The summed E-state index contributed by atoms with van der Waals surface area (Å²) in [6, 6.07) is 11.8. The quantitative estimate of drug-likeness (QED) is 0.395. The highest BCUT2D eigenvalue weighted by atomic mass is 16.5. The van der Waals surface area contributed by atoms with Gasteiger partial charge in [-0.1, -0.05) is 6.07 Å². The molecule has 0 radical (unpaired) electrons. The minimum absolute atomic E-state index is 0.108. The molecular formula is C28H30N6O3. The molecule has 190 valence electrons. The SMILES string of the molecule is COc1cc(N2CCN(C)CC2)ccc1Nc1nc(Oc2ccc(C)c3c2C(=O)CC3)c2cc[nH]c2n1. The van der Waals surface area contributed by atoms with Crippen LogP contribution < -0.4 is 19.7 Å². The van der Waals surface area contributed by atoms with Crippen LogP contribution in [0.1, 0.15) is 27.9 Å². The van der Waals surface area contributed by atoms with Crippen LogP contribution in [0.15, 0.2) is 42.6 Å². The number of nitrogens with one attached hydrogen (secondary N) is 2. The molecule has 0 amide bonds. The third kappa shape index (κ3) is 4.35. The lowest BCUT2D eigenvalue weighted by atomic mass is 10.0. The molecule has 2 aromatic carbocycles. The molecule has 3 heterocycles. The van der Waals surface area contributed by atoms with E-state index in [4.69, 9.17) is 9.47 Å². The highest BCUT2D eigenvalue weighted by Crippen LogP contribution is 2.38. The molecule has 2 aliphatic rings. The summed E-state index contributed by atoms with van der Waals surface area (Å²) >= 11 is 0. The average molecular weight is 499 g/mol. The van der Waals surface area contributed by atoms with Crippen molar-refractivity contribution in [3.05, 3.63) is 59.3 Å². The van der Waals surface area contributed by atoms with Gasteiger partial charge >= 0.3 is 0 Å². The smallest absolute Gasteiger partial charge is 0.233 e. The molecule has 2 N–H and O–H groups in total. The number of aromatic amines is 1. The van der Waals surface area contributed by atoms with Gasteiger partial charge in [0.05, 0.1) is 23.7 Å². The summed E-state index contributed by atoms with van der Waals surface area (Å²) < 4.78 is 12.0. The van der Waals surface area contributed by atoms with E-state index in [2.05, 4.69) is 43.2 Å². The fourth-order valence-electron chi connectivity index (χ4n) is 5.12. The van der Waals surface area contributed by atoms with Crippen LogP contribution in [0, 0.1) is 6.92 Å². The first kappa shape index (κ1) is 23.3. The third-order valence-corrected chi connectivity index (χ3v) is 7.28. The monoisotopic (exact) mass is 498 g/mol. The molecule has 1 saturated heterocycles. The second-order valence-corrected chi connectivity index (χ2v) is 9.65. The molecule has 0 spiro atoms. The number of aryl methyl sites for hydroxylation is 1. The van der Waals surface area contributed by atoms with Crippen molar-refractivity contribution in [3.8, 4) is 17.4 Å². The Morgan fingerprint density at radius 2 is 1.84 bits per heavy atom. The number of methoxy groups -OCH3 is 1. The lowest BCUT2D eigenvalue weighted by Crippen LogP contribution is -2.44. The van der Waals surface area contributed by atoms with E-state index in [-0.39, 0.29) is 5.78 Å². The number of hydrogen-bond donors (Lipinski definition) is 2. The van der Waals surface area contributed by atoms with Crippen LogP contribution in [0.5, 0.6) is 17.4 Å². The largest absolute Gasteiger partial charge is 0.494 e. The van der Waals surface area contributed by atoms with Crippen LogP contribution in [0.3, 0.4) is 0 Å². The summed E-state index contributed by atoms with van der Waals surface area (Å²) in [5, 5.41) is 4.04. The van der Waals surface area contributed by atoms with Crippen molar-refractivity contribution >= 4 is 34.1 Å². The Kier molecular flexibility index (Phi) is 5.92. The Morgan fingerprint density at radius 1 is 1.00 bits per heavy atom. The first-order valence-electron chi connectivity index (χ1n) is 12.6. The van der Waals surface area contributed by atoms with E-state index < -0.39 is 0 Å². The topological polar surface area (TPSA) is 95.6 Å². The van der Waals surface area contributed by atoms with Crippen molar-refractivity contribution < 1.29 is 14.3 Å². The van der Waals surface area contributed by atoms with Crippen molar-refractivity contribution in [1.82, 2.24) is 19.9 Å². The molecule has 1 aliphatic carbocycles. The molecule has 9 nitrogen and oxygen atoms in total. The van der Waals surface area contributed by atoms with E-state index in [1.807, 2.05) is 37.3 Å². The summed E-state index contributed by atoms with van der Waals surface area (Å²) in [5.74, 6) is 2.09. The van der Waals surface area contributed by atoms with E-state index >= 15 is 0 Å². The van der Waals surface area contributed by atoms with Gasteiger partial charge in [0.1, 0.15) is 17.1 Å². The van der Waals surface area contributed by atoms with Crippen molar-refractivity contribution in [2.75, 3.05) is 50.6 Å². The summed E-state index contributed by atoms with van der Waals surface area (Å²) in [6.45, 7) is 6.05. The number of rotatable bonds is 6. The molecule has 1 fully saturated rings. The molecule has 2 aromatic heterocycles. The van der Waals surface area contributed by atoms with Gasteiger partial charge in [0.15, 0.2) is 5.78 Å².